The van der Waals surface area contributed by atoms with Crippen LogP contribution in [-0.4, -0.2) is 24.4 Å². The summed E-state index contributed by atoms with van der Waals surface area (Å²) >= 11 is 0. The third kappa shape index (κ3) is 4.35. The van der Waals surface area contributed by atoms with Gasteiger partial charge in [0, 0.05) is 17.4 Å². The fraction of sp³-hybridized carbons (Fsp3) is 0.357. The van der Waals surface area contributed by atoms with Crippen LogP contribution in [0, 0.1) is 0 Å². The second-order valence-corrected chi connectivity index (χ2v) is 9.72. The Hall–Kier alpha value is -2.56. The molecule has 0 saturated carbocycles. The zero-order valence-electron chi connectivity index (χ0n) is 20.1. The highest BCUT2D eigenvalue weighted by Crippen LogP contribution is 2.37. The molecule has 3 nitrogen and oxygen atoms in total. The molecule has 4 rings (SSSR count). The number of nitrogens with zero attached hydrogens (tertiary/aromatic N) is 1. The van der Waals surface area contributed by atoms with E-state index in [-0.39, 0.29) is 18.3 Å². The summed E-state index contributed by atoms with van der Waals surface area (Å²) in [6.45, 7) is 12.9. The molecule has 32 heavy (non-hydrogen) atoms. The van der Waals surface area contributed by atoms with E-state index in [2.05, 4.69) is 125 Å². The van der Waals surface area contributed by atoms with Crippen LogP contribution in [0.3, 0.4) is 0 Å². The lowest BCUT2D eigenvalue weighted by atomic mass is 9.79. The topological polar surface area (TPSA) is 21.7 Å². The lowest BCUT2D eigenvalue weighted by Crippen LogP contribution is -2.41. The van der Waals surface area contributed by atoms with Crippen molar-refractivity contribution in [3.05, 3.63) is 78.9 Å². The summed E-state index contributed by atoms with van der Waals surface area (Å²) in [5.41, 5.74) is 5.22. The summed E-state index contributed by atoms with van der Waals surface area (Å²) in [6, 6.07) is 28.4. The molecule has 0 spiro atoms. The van der Waals surface area contributed by atoms with Crippen LogP contribution in [-0.2, 0) is 9.31 Å². The molecule has 0 radical (unpaired) electrons. The quantitative estimate of drug-likeness (QED) is 0.414. The van der Waals surface area contributed by atoms with Crippen molar-refractivity contribution in [1.29, 1.82) is 0 Å². The highest BCUT2D eigenvalue weighted by Gasteiger charge is 2.51. The minimum atomic E-state index is -0.337. The van der Waals surface area contributed by atoms with Gasteiger partial charge in [0.1, 0.15) is 0 Å². The minimum absolute atomic E-state index is 0.334. The molecule has 1 unspecified atom stereocenters. The van der Waals surface area contributed by atoms with Crippen LogP contribution >= 0.6 is 0 Å². The van der Waals surface area contributed by atoms with E-state index in [1.807, 2.05) is 0 Å². The van der Waals surface area contributed by atoms with Crippen LogP contribution in [0.1, 0.15) is 48.0 Å². The molecule has 0 N–H and O–H groups in total. The summed E-state index contributed by atoms with van der Waals surface area (Å²) in [4.78, 5) is 2.41. The Labute approximate surface area is 193 Å². The molecule has 166 valence electrons. The van der Waals surface area contributed by atoms with E-state index in [1.54, 1.807) is 0 Å². The molecule has 1 fully saturated rings. The number of benzene rings is 3. The van der Waals surface area contributed by atoms with E-state index in [0.29, 0.717) is 6.04 Å². The maximum atomic E-state index is 6.22. The average molecular weight is 427 g/mol. The molecule has 0 amide bonds. The van der Waals surface area contributed by atoms with Gasteiger partial charge in [0.2, 0.25) is 0 Å². The second kappa shape index (κ2) is 8.76. The van der Waals surface area contributed by atoms with E-state index in [0.717, 1.165) is 11.9 Å². The summed E-state index contributed by atoms with van der Waals surface area (Å²) in [7, 11) is -0.337. The molecule has 1 aliphatic heterocycles. The number of anilines is 2. The SMILES string of the molecule is CCC(C)N(c1ccc(B2OC(C)(C)C(C)(C)O2)cc1)c1ccc(-c2ccccc2)cc1. The predicted molar refractivity (Wildman–Crippen MR) is 136 cm³/mol. The zero-order chi connectivity index (χ0) is 22.9. The maximum absolute atomic E-state index is 6.22. The lowest BCUT2D eigenvalue weighted by molar-refractivity contribution is 0.00578. The van der Waals surface area contributed by atoms with Gasteiger partial charge in [0.25, 0.3) is 0 Å². The molecule has 1 saturated heterocycles. The largest absolute Gasteiger partial charge is 0.494 e. The van der Waals surface area contributed by atoms with Crippen molar-refractivity contribution in [2.45, 2.75) is 65.2 Å². The number of rotatable bonds is 6. The smallest absolute Gasteiger partial charge is 0.399 e. The summed E-state index contributed by atoms with van der Waals surface area (Å²) in [6.07, 6.45) is 1.05. The van der Waals surface area contributed by atoms with E-state index in [9.17, 15) is 0 Å². The van der Waals surface area contributed by atoms with E-state index < -0.39 is 0 Å². The van der Waals surface area contributed by atoms with Gasteiger partial charge in [-0.15, -0.1) is 0 Å². The van der Waals surface area contributed by atoms with Gasteiger partial charge in [0.05, 0.1) is 11.2 Å². The Kier molecular flexibility index (Phi) is 6.20. The minimum Gasteiger partial charge on any atom is -0.399 e. The predicted octanol–water partition coefficient (Wildman–Crippen LogP) is 6.59. The first kappa shape index (κ1) is 22.6. The Morgan fingerprint density at radius 1 is 0.719 bits per heavy atom. The van der Waals surface area contributed by atoms with Gasteiger partial charge in [-0.1, -0.05) is 61.5 Å². The van der Waals surface area contributed by atoms with Crippen LogP contribution in [0.25, 0.3) is 11.1 Å². The van der Waals surface area contributed by atoms with E-state index in [1.165, 1.54) is 22.5 Å². The molecular weight excluding hydrogens is 393 g/mol. The van der Waals surface area contributed by atoms with Crippen LogP contribution in [0.15, 0.2) is 78.9 Å². The molecule has 0 aliphatic carbocycles. The standard InChI is InChI=1S/C28H34BNO2/c1-7-21(2)30(25-17-13-23(14-18-25)22-11-9-8-10-12-22)26-19-15-24(16-20-26)29-31-27(3,4)28(5,6)32-29/h8-21H,7H2,1-6H3. The molecule has 0 aromatic heterocycles. The molecule has 0 bridgehead atoms. The van der Waals surface area contributed by atoms with E-state index in [4.69, 9.17) is 9.31 Å². The summed E-state index contributed by atoms with van der Waals surface area (Å²) in [5, 5.41) is 0. The second-order valence-electron chi connectivity index (χ2n) is 9.72. The fourth-order valence-corrected chi connectivity index (χ4v) is 4.06. The van der Waals surface area contributed by atoms with Crippen molar-refractivity contribution in [1.82, 2.24) is 0 Å². The molecule has 1 atom stereocenters. The number of hydrogen-bond acceptors (Lipinski definition) is 3. The molecule has 1 heterocycles. The molecular formula is C28H34BNO2. The molecule has 1 aliphatic rings. The first-order chi connectivity index (χ1) is 15.2. The fourth-order valence-electron chi connectivity index (χ4n) is 4.06. The molecule has 4 heteroatoms. The van der Waals surface area contributed by atoms with Crippen molar-refractivity contribution in [3.63, 3.8) is 0 Å². The van der Waals surface area contributed by atoms with Crippen molar-refractivity contribution in [3.8, 4) is 11.1 Å². The summed E-state index contributed by atoms with van der Waals surface area (Å²) in [5.74, 6) is 0. The van der Waals surface area contributed by atoms with Crippen molar-refractivity contribution >= 4 is 24.0 Å². The maximum Gasteiger partial charge on any atom is 0.494 e. The highest BCUT2D eigenvalue weighted by atomic mass is 16.7. The van der Waals surface area contributed by atoms with Gasteiger partial charge in [0.15, 0.2) is 0 Å². The first-order valence-corrected chi connectivity index (χ1v) is 11.6. The Bertz CT molecular complexity index is 1010. The van der Waals surface area contributed by atoms with Gasteiger partial charge >= 0.3 is 7.12 Å². The van der Waals surface area contributed by atoms with Gasteiger partial charge < -0.3 is 14.2 Å². The van der Waals surface area contributed by atoms with Gasteiger partial charge in [-0.05, 0) is 81.9 Å². The van der Waals surface area contributed by atoms with Gasteiger partial charge in [-0.25, -0.2) is 0 Å². The van der Waals surface area contributed by atoms with Crippen LogP contribution < -0.4 is 10.4 Å². The Morgan fingerprint density at radius 3 is 1.69 bits per heavy atom. The van der Waals surface area contributed by atoms with Crippen molar-refractivity contribution in [2.24, 2.45) is 0 Å². The van der Waals surface area contributed by atoms with Crippen molar-refractivity contribution in [2.75, 3.05) is 4.90 Å². The van der Waals surface area contributed by atoms with Crippen LogP contribution in [0.2, 0.25) is 0 Å². The molecule has 3 aromatic carbocycles. The normalized spacial score (nSPS) is 17.9. The zero-order valence-corrected chi connectivity index (χ0v) is 20.1. The first-order valence-electron chi connectivity index (χ1n) is 11.6. The summed E-state index contributed by atoms with van der Waals surface area (Å²) < 4.78 is 12.4. The Balaban J connectivity index is 1.59. The third-order valence-corrected chi connectivity index (χ3v) is 6.98. The monoisotopic (exact) mass is 427 g/mol. The lowest BCUT2D eigenvalue weighted by Gasteiger charge is -2.32. The van der Waals surface area contributed by atoms with Gasteiger partial charge in [-0.2, -0.15) is 0 Å². The number of hydrogen-bond donors (Lipinski definition) is 0. The van der Waals surface area contributed by atoms with Crippen LogP contribution in [0.5, 0.6) is 0 Å². The average Bonchev–Trinajstić information content (AvgIpc) is 3.02. The van der Waals surface area contributed by atoms with E-state index >= 15 is 0 Å². The van der Waals surface area contributed by atoms with Crippen LogP contribution in [0.4, 0.5) is 11.4 Å². The highest BCUT2D eigenvalue weighted by molar-refractivity contribution is 6.62. The molecule has 3 aromatic rings. The van der Waals surface area contributed by atoms with Gasteiger partial charge in [-0.3, -0.25) is 0 Å². The Morgan fingerprint density at radius 2 is 1.19 bits per heavy atom. The van der Waals surface area contributed by atoms with Crippen molar-refractivity contribution < 1.29 is 9.31 Å². The third-order valence-electron chi connectivity index (χ3n) is 6.98.